The van der Waals surface area contributed by atoms with Gasteiger partial charge in [-0.2, -0.15) is 0 Å². The molecule has 2 atom stereocenters. The van der Waals surface area contributed by atoms with Crippen LogP contribution < -0.4 is 16.4 Å². The van der Waals surface area contributed by atoms with Crippen LogP contribution in [0.5, 0.6) is 0 Å². The van der Waals surface area contributed by atoms with Crippen molar-refractivity contribution in [1.29, 1.82) is 0 Å². The number of hydrogen-bond acceptors (Lipinski definition) is 5. The maximum absolute atomic E-state index is 11.8. The zero-order valence-corrected chi connectivity index (χ0v) is 11.9. The predicted molar refractivity (Wildman–Crippen MR) is 70.1 cm³/mol. The number of carbonyl (C=O) groups excluding carboxylic acids is 3. The van der Waals surface area contributed by atoms with E-state index in [0.29, 0.717) is 6.42 Å². The van der Waals surface area contributed by atoms with Crippen LogP contribution in [0.3, 0.4) is 0 Å². The van der Waals surface area contributed by atoms with Gasteiger partial charge in [-0.3, -0.25) is 9.59 Å². The third kappa shape index (κ3) is 6.19. The fourth-order valence-electron chi connectivity index (χ4n) is 1.48. The van der Waals surface area contributed by atoms with E-state index in [-0.39, 0.29) is 18.4 Å². The maximum atomic E-state index is 11.8. The van der Waals surface area contributed by atoms with E-state index in [2.05, 4.69) is 15.4 Å². The van der Waals surface area contributed by atoms with Crippen molar-refractivity contribution in [3.05, 3.63) is 0 Å². The minimum Gasteiger partial charge on any atom is -0.464 e. The van der Waals surface area contributed by atoms with Crippen molar-refractivity contribution in [3.63, 3.8) is 0 Å². The number of esters is 1. The van der Waals surface area contributed by atoms with Crippen LogP contribution in [0, 0.1) is 5.92 Å². The molecule has 7 nitrogen and oxygen atoms in total. The average molecular weight is 273 g/mol. The summed E-state index contributed by atoms with van der Waals surface area (Å²) in [6.45, 7) is 5.61. The van der Waals surface area contributed by atoms with E-state index < -0.39 is 24.0 Å². The van der Waals surface area contributed by atoms with Gasteiger partial charge in [0.2, 0.25) is 11.8 Å². The first-order chi connectivity index (χ1) is 8.83. The summed E-state index contributed by atoms with van der Waals surface area (Å²) < 4.78 is 4.65. The third-order valence-electron chi connectivity index (χ3n) is 2.41. The molecule has 0 spiro atoms. The molecule has 0 aromatic rings. The fourth-order valence-corrected chi connectivity index (χ4v) is 1.48. The van der Waals surface area contributed by atoms with E-state index in [9.17, 15) is 14.4 Å². The molecule has 2 unspecified atom stereocenters. The Hall–Kier alpha value is -1.63. The molecule has 0 heterocycles. The molecule has 7 heteroatoms. The topological polar surface area (TPSA) is 111 Å². The number of carbonyl (C=O) groups is 3. The first kappa shape index (κ1) is 17.4. The number of ether oxygens (including phenoxy) is 1. The molecule has 0 fully saturated rings. The van der Waals surface area contributed by atoms with Crippen molar-refractivity contribution in [3.8, 4) is 0 Å². The molecule has 0 saturated heterocycles. The molecule has 0 aromatic carbocycles. The van der Waals surface area contributed by atoms with Crippen LogP contribution in [-0.4, -0.2) is 43.5 Å². The molecule has 19 heavy (non-hydrogen) atoms. The van der Waals surface area contributed by atoms with Crippen LogP contribution in [0.1, 0.15) is 27.2 Å². The second kappa shape index (κ2) is 8.47. The van der Waals surface area contributed by atoms with Crippen LogP contribution in [0.4, 0.5) is 0 Å². The average Bonchev–Trinajstić information content (AvgIpc) is 2.35. The Kier molecular flexibility index (Phi) is 7.74. The molecule has 0 bridgehead atoms. The van der Waals surface area contributed by atoms with Crippen molar-refractivity contribution in [2.45, 2.75) is 39.3 Å². The molecule has 0 saturated carbocycles. The number of likely N-dealkylation sites (N-methyl/N-ethyl adjacent to an activating group) is 1. The van der Waals surface area contributed by atoms with Crippen LogP contribution in [-0.2, 0) is 19.1 Å². The molecule has 4 N–H and O–H groups in total. The number of amides is 2. The Bertz CT molecular complexity index is 331. The third-order valence-corrected chi connectivity index (χ3v) is 2.41. The first-order valence-corrected chi connectivity index (χ1v) is 6.27. The van der Waals surface area contributed by atoms with E-state index in [1.54, 1.807) is 6.92 Å². The van der Waals surface area contributed by atoms with Gasteiger partial charge in [0.15, 0.2) is 6.04 Å². The highest BCUT2D eigenvalue weighted by Crippen LogP contribution is 2.05. The minimum absolute atomic E-state index is 0.144. The van der Waals surface area contributed by atoms with Gasteiger partial charge in [-0.25, -0.2) is 4.79 Å². The number of rotatable bonds is 7. The van der Waals surface area contributed by atoms with E-state index in [4.69, 9.17) is 5.73 Å². The van der Waals surface area contributed by atoms with E-state index in [0.717, 1.165) is 0 Å². The molecule has 110 valence electrons. The summed E-state index contributed by atoms with van der Waals surface area (Å²) >= 11 is 0. The SMILES string of the molecule is CCOC(=O)C(N)C(=O)NC(CC(C)C)C(=O)NC. The lowest BCUT2D eigenvalue weighted by atomic mass is 10.0. The molecule has 0 radical (unpaired) electrons. The summed E-state index contributed by atoms with van der Waals surface area (Å²) in [4.78, 5) is 34.7. The Balaban J connectivity index is 4.61. The Labute approximate surface area is 113 Å². The normalized spacial score (nSPS) is 13.6. The van der Waals surface area contributed by atoms with Gasteiger partial charge >= 0.3 is 5.97 Å². The summed E-state index contributed by atoms with van der Waals surface area (Å²) in [5, 5.41) is 4.92. The van der Waals surface area contributed by atoms with Gasteiger partial charge in [-0.05, 0) is 19.3 Å². The van der Waals surface area contributed by atoms with Crippen molar-refractivity contribution >= 4 is 17.8 Å². The highest BCUT2D eigenvalue weighted by atomic mass is 16.5. The smallest absolute Gasteiger partial charge is 0.332 e. The maximum Gasteiger partial charge on any atom is 0.332 e. The summed E-state index contributed by atoms with van der Waals surface area (Å²) in [6, 6.07) is -2.13. The monoisotopic (exact) mass is 273 g/mol. The van der Waals surface area contributed by atoms with E-state index >= 15 is 0 Å². The van der Waals surface area contributed by atoms with Gasteiger partial charge in [0.05, 0.1) is 6.61 Å². The molecule has 2 amide bonds. The molecule has 0 aliphatic heterocycles. The highest BCUT2D eigenvalue weighted by Gasteiger charge is 2.28. The lowest BCUT2D eigenvalue weighted by molar-refractivity contribution is -0.148. The first-order valence-electron chi connectivity index (χ1n) is 6.27. The van der Waals surface area contributed by atoms with Crippen LogP contribution >= 0.6 is 0 Å². The number of nitrogens with two attached hydrogens (primary N) is 1. The summed E-state index contributed by atoms with van der Waals surface area (Å²) in [5.41, 5.74) is 5.45. The van der Waals surface area contributed by atoms with Gasteiger partial charge < -0.3 is 21.1 Å². The van der Waals surface area contributed by atoms with Gasteiger partial charge in [0, 0.05) is 7.05 Å². The van der Waals surface area contributed by atoms with Gasteiger partial charge in [0.1, 0.15) is 6.04 Å². The Morgan fingerprint density at radius 3 is 2.21 bits per heavy atom. The lowest BCUT2D eigenvalue weighted by Gasteiger charge is -2.20. The summed E-state index contributed by atoms with van der Waals surface area (Å²) in [5.74, 6) is -1.63. The molecule has 0 aromatic heterocycles. The van der Waals surface area contributed by atoms with E-state index in [1.165, 1.54) is 7.05 Å². The lowest BCUT2D eigenvalue weighted by Crippen LogP contribution is -2.54. The van der Waals surface area contributed by atoms with Gasteiger partial charge in [0.25, 0.3) is 0 Å². The predicted octanol–water partition coefficient (Wildman–Crippen LogP) is -0.846. The zero-order chi connectivity index (χ0) is 15.0. The van der Waals surface area contributed by atoms with Crippen molar-refractivity contribution in [1.82, 2.24) is 10.6 Å². The molecule has 0 rings (SSSR count). The van der Waals surface area contributed by atoms with Crippen molar-refractivity contribution in [2.75, 3.05) is 13.7 Å². The second-order valence-corrected chi connectivity index (χ2v) is 4.53. The zero-order valence-electron chi connectivity index (χ0n) is 11.9. The summed E-state index contributed by atoms with van der Waals surface area (Å²) in [6.07, 6.45) is 0.459. The Morgan fingerprint density at radius 1 is 1.21 bits per heavy atom. The quantitative estimate of drug-likeness (QED) is 0.413. The molecular weight excluding hydrogens is 250 g/mol. The van der Waals surface area contributed by atoms with Gasteiger partial charge in [-0.1, -0.05) is 13.8 Å². The number of nitrogens with one attached hydrogen (secondary N) is 2. The van der Waals surface area contributed by atoms with Crippen LogP contribution in [0.15, 0.2) is 0 Å². The molecule has 0 aliphatic rings. The van der Waals surface area contributed by atoms with E-state index in [1.807, 2.05) is 13.8 Å². The second-order valence-electron chi connectivity index (χ2n) is 4.53. The highest BCUT2D eigenvalue weighted by molar-refractivity contribution is 6.03. The largest absolute Gasteiger partial charge is 0.464 e. The minimum atomic E-state index is -1.42. The van der Waals surface area contributed by atoms with Crippen molar-refractivity contribution in [2.24, 2.45) is 11.7 Å². The Morgan fingerprint density at radius 2 is 1.79 bits per heavy atom. The standard InChI is InChI=1S/C12H23N3O4/c1-5-19-12(18)9(13)11(17)15-8(6-7(2)3)10(16)14-4/h7-9H,5-6,13H2,1-4H3,(H,14,16)(H,15,17). The number of hydrogen-bond donors (Lipinski definition) is 3. The molecule has 0 aliphatic carbocycles. The van der Waals surface area contributed by atoms with Crippen LogP contribution in [0.25, 0.3) is 0 Å². The van der Waals surface area contributed by atoms with Crippen LogP contribution in [0.2, 0.25) is 0 Å². The fraction of sp³-hybridized carbons (Fsp3) is 0.750. The summed E-state index contributed by atoms with van der Waals surface area (Å²) in [7, 11) is 1.48. The van der Waals surface area contributed by atoms with Crippen molar-refractivity contribution < 1.29 is 19.1 Å². The van der Waals surface area contributed by atoms with Gasteiger partial charge in [-0.15, -0.1) is 0 Å². The molecular formula is C12H23N3O4.